The quantitative estimate of drug-likeness (QED) is 0.631. The Hall–Kier alpha value is -0.660. The molecule has 0 aliphatic carbocycles. The van der Waals surface area contributed by atoms with E-state index >= 15 is 0 Å². The number of nitrogens with zero attached hydrogens (tertiary/aromatic N) is 1. The molecular formula is C13H26N2O4S. The van der Waals surface area contributed by atoms with Crippen molar-refractivity contribution in [1.82, 2.24) is 9.62 Å². The van der Waals surface area contributed by atoms with Crippen LogP contribution in [0.1, 0.15) is 32.6 Å². The lowest BCUT2D eigenvalue weighted by atomic mass is 10.2. The summed E-state index contributed by atoms with van der Waals surface area (Å²) in [5.74, 6) is -0.107. The maximum Gasteiger partial charge on any atom is 0.305 e. The van der Waals surface area contributed by atoms with E-state index in [0.29, 0.717) is 18.9 Å². The summed E-state index contributed by atoms with van der Waals surface area (Å²) >= 11 is 0. The third-order valence-electron chi connectivity index (χ3n) is 3.44. The zero-order chi connectivity index (χ0) is 15.0. The third-order valence-corrected chi connectivity index (χ3v) is 4.87. The van der Waals surface area contributed by atoms with Gasteiger partial charge in [-0.15, -0.1) is 0 Å². The van der Waals surface area contributed by atoms with Gasteiger partial charge in [-0.1, -0.05) is 6.92 Å². The van der Waals surface area contributed by atoms with E-state index in [1.165, 1.54) is 20.0 Å². The lowest BCUT2D eigenvalue weighted by Crippen LogP contribution is -2.35. The molecule has 0 amide bonds. The summed E-state index contributed by atoms with van der Waals surface area (Å²) in [6, 6.07) is 0. The summed E-state index contributed by atoms with van der Waals surface area (Å²) in [6.45, 7) is 5.68. The molecule has 0 radical (unpaired) electrons. The number of carbonyl (C=O) groups excluding carboxylic acids is 1. The maximum atomic E-state index is 11.8. The lowest BCUT2D eigenvalue weighted by molar-refractivity contribution is -0.140. The van der Waals surface area contributed by atoms with Gasteiger partial charge in [0.05, 0.1) is 12.9 Å². The van der Waals surface area contributed by atoms with Gasteiger partial charge < -0.3 is 9.64 Å². The van der Waals surface area contributed by atoms with Crippen LogP contribution in [-0.4, -0.2) is 58.3 Å². The van der Waals surface area contributed by atoms with Gasteiger partial charge >= 0.3 is 5.97 Å². The van der Waals surface area contributed by atoms with Crippen molar-refractivity contribution < 1.29 is 17.9 Å². The fourth-order valence-electron chi connectivity index (χ4n) is 2.32. The minimum absolute atomic E-state index is 0.0292. The number of nitrogens with one attached hydrogen (secondary N) is 1. The van der Waals surface area contributed by atoms with Crippen molar-refractivity contribution in [2.75, 3.05) is 39.0 Å². The molecule has 0 aromatic rings. The van der Waals surface area contributed by atoms with Crippen LogP contribution in [0, 0.1) is 5.92 Å². The highest BCUT2D eigenvalue weighted by atomic mass is 32.2. The van der Waals surface area contributed by atoms with Gasteiger partial charge in [-0.05, 0) is 38.3 Å². The highest BCUT2D eigenvalue weighted by Gasteiger charge is 2.17. The van der Waals surface area contributed by atoms with Crippen LogP contribution >= 0.6 is 0 Å². The van der Waals surface area contributed by atoms with Crippen LogP contribution in [-0.2, 0) is 19.6 Å². The molecule has 1 heterocycles. The SMILES string of the molecule is COC(=O)CCCS(=O)(=O)NCC(C)CN1CCCC1. The van der Waals surface area contributed by atoms with Gasteiger partial charge in [-0.2, -0.15) is 0 Å². The summed E-state index contributed by atoms with van der Waals surface area (Å²) < 4.78 is 30.6. The number of hydrogen-bond donors (Lipinski definition) is 1. The van der Waals surface area contributed by atoms with Gasteiger partial charge in [-0.3, -0.25) is 4.79 Å². The molecule has 0 aromatic carbocycles. The molecule has 1 aliphatic heterocycles. The van der Waals surface area contributed by atoms with E-state index in [1.807, 2.05) is 0 Å². The van der Waals surface area contributed by atoms with Crippen molar-refractivity contribution in [3.63, 3.8) is 0 Å². The normalized spacial score (nSPS) is 18.1. The second kappa shape index (κ2) is 8.59. The molecule has 0 spiro atoms. The summed E-state index contributed by atoms with van der Waals surface area (Å²) in [7, 11) is -1.99. The van der Waals surface area contributed by atoms with Gasteiger partial charge in [0.1, 0.15) is 0 Å². The smallest absolute Gasteiger partial charge is 0.305 e. The third kappa shape index (κ3) is 7.21. The fourth-order valence-corrected chi connectivity index (χ4v) is 3.53. The van der Waals surface area contributed by atoms with Crippen molar-refractivity contribution in [2.24, 2.45) is 5.92 Å². The van der Waals surface area contributed by atoms with E-state index < -0.39 is 10.0 Å². The molecule has 0 aromatic heterocycles. The van der Waals surface area contributed by atoms with Crippen LogP contribution in [0.15, 0.2) is 0 Å². The van der Waals surface area contributed by atoms with Gasteiger partial charge in [0.2, 0.25) is 10.0 Å². The average Bonchev–Trinajstić information content (AvgIpc) is 2.89. The van der Waals surface area contributed by atoms with Crippen LogP contribution in [0.2, 0.25) is 0 Å². The van der Waals surface area contributed by atoms with E-state index in [9.17, 15) is 13.2 Å². The Bertz CT molecular complexity index is 391. The lowest BCUT2D eigenvalue weighted by Gasteiger charge is -2.20. The largest absolute Gasteiger partial charge is 0.469 e. The highest BCUT2D eigenvalue weighted by molar-refractivity contribution is 7.89. The molecule has 1 N–H and O–H groups in total. The van der Waals surface area contributed by atoms with Gasteiger partial charge in [0, 0.05) is 19.5 Å². The van der Waals surface area contributed by atoms with Crippen molar-refractivity contribution in [3.8, 4) is 0 Å². The highest BCUT2D eigenvalue weighted by Crippen LogP contribution is 2.10. The van der Waals surface area contributed by atoms with Crippen molar-refractivity contribution in [1.29, 1.82) is 0 Å². The first-order valence-electron chi connectivity index (χ1n) is 7.19. The van der Waals surface area contributed by atoms with Crippen molar-refractivity contribution >= 4 is 16.0 Å². The van der Waals surface area contributed by atoms with Gasteiger partial charge in [-0.25, -0.2) is 13.1 Å². The van der Waals surface area contributed by atoms with Crippen molar-refractivity contribution in [2.45, 2.75) is 32.6 Å². The van der Waals surface area contributed by atoms with E-state index in [-0.39, 0.29) is 18.1 Å². The Morgan fingerprint density at radius 2 is 2.00 bits per heavy atom. The first-order chi connectivity index (χ1) is 9.43. The number of esters is 1. The molecular weight excluding hydrogens is 280 g/mol. The minimum atomic E-state index is -3.29. The predicted octanol–water partition coefficient (Wildman–Crippen LogP) is 0.591. The monoisotopic (exact) mass is 306 g/mol. The molecule has 1 aliphatic rings. The first kappa shape index (κ1) is 17.4. The molecule has 1 saturated heterocycles. The van der Waals surface area contributed by atoms with E-state index in [0.717, 1.165) is 19.6 Å². The first-order valence-corrected chi connectivity index (χ1v) is 8.84. The number of carbonyl (C=O) groups is 1. The Morgan fingerprint density at radius 3 is 2.60 bits per heavy atom. The second-order valence-corrected chi connectivity index (χ2v) is 7.39. The molecule has 0 bridgehead atoms. The number of ether oxygens (including phenoxy) is 1. The Kier molecular flexibility index (Phi) is 7.47. The molecule has 1 fully saturated rings. The topological polar surface area (TPSA) is 75.7 Å². The zero-order valence-corrected chi connectivity index (χ0v) is 13.2. The predicted molar refractivity (Wildman–Crippen MR) is 77.9 cm³/mol. The Morgan fingerprint density at radius 1 is 1.35 bits per heavy atom. The maximum absolute atomic E-state index is 11.8. The Labute approximate surface area is 121 Å². The Balaban J connectivity index is 2.19. The number of likely N-dealkylation sites (tertiary alicyclic amines) is 1. The molecule has 1 rings (SSSR count). The van der Waals surface area contributed by atoms with Crippen LogP contribution < -0.4 is 4.72 Å². The van der Waals surface area contributed by atoms with E-state index in [2.05, 4.69) is 21.3 Å². The summed E-state index contributed by atoms with van der Waals surface area (Å²) in [5.41, 5.74) is 0. The van der Waals surface area contributed by atoms with Crippen LogP contribution in [0.25, 0.3) is 0 Å². The van der Waals surface area contributed by atoms with Gasteiger partial charge in [0.15, 0.2) is 0 Å². The number of sulfonamides is 1. The molecule has 1 unspecified atom stereocenters. The second-order valence-electron chi connectivity index (χ2n) is 5.46. The molecule has 20 heavy (non-hydrogen) atoms. The van der Waals surface area contributed by atoms with E-state index in [4.69, 9.17) is 0 Å². The standard InChI is InChI=1S/C13H26N2O4S/c1-12(11-15-7-3-4-8-15)10-14-20(17,18)9-5-6-13(16)19-2/h12,14H,3-11H2,1-2H3. The molecule has 0 saturated carbocycles. The minimum Gasteiger partial charge on any atom is -0.469 e. The average molecular weight is 306 g/mol. The summed E-state index contributed by atoms with van der Waals surface area (Å²) in [4.78, 5) is 13.3. The number of methoxy groups -OCH3 is 1. The summed E-state index contributed by atoms with van der Waals surface area (Å²) in [5, 5.41) is 0. The van der Waals surface area contributed by atoms with Crippen LogP contribution in [0.3, 0.4) is 0 Å². The summed E-state index contributed by atoms with van der Waals surface area (Å²) in [6.07, 6.45) is 2.92. The molecule has 1 atom stereocenters. The van der Waals surface area contributed by atoms with Crippen LogP contribution in [0.4, 0.5) is 0 Å². The fraction of sp³-hybridized carbons (Fsp3) is 0.923. The zero-order valence-electron chi connectivity index (χ0n) is 12.4. The van der Waals surface area contributed by atoms with Crippen LogP contribution in [0.5, 0.6) is 0 Å². The number of rotatable bonds is 9. The van der Waals surface area contributed by atoms with Gasteiger partial charge in [0.25, 0.3) is 0 Å². The molecule has 7 heteroatoms. The van der Waals surface area contributed by atoms with E-state index in [1.54, 1.807) is 0 Å². The molecule has 118 valence electrons. The molecule has 6 nitrogen and oxygen atoms in total. The van der Waals surface area contributed by atoms with Crippen molar-refractivity contribution in [3.05, 3.63) is 0 Å². The number of hydrogen-bond acceptors (Lipinski definition) is 5.